The predicted octanol–water partition coefficient (Wildman–Crippen LogP) is 16.5. The number of alkyl halides is 3. The van der Waals surface area contributed by atoms with Gasteiger partial charge in [-0.05, 0) is 188 Å². The maximum absolute atomic E-state index is 12.8. The molecule has 4 fully saturated rings. The van der Waals surface area contributed by atoms with Crippen LogP contribution in [-0.4, -0.2) is 51.9 Å². The van der Waals surface area contributed by atoms with Crippen LogP contribution >= 0.6 is 0 Å². The van der Waals surface area contributed by atoms with Crippen molar-refractivity contribution in [1.29, 1.82) is 0 Å². The van der Waals surface area contributed by atoms with Crippen molar-refractivity contribution < 1.29 is 44.7 Å². The van der Waals surface area contributed by atoms with Crippen molar-refractivity contribution in [3.8, 4) is 24.2 Å². The molecule has 0 aromatic heterocycles. The minimum absolute atomic E-state index is 0. The van der Waals surface area contributed by atoms with Gasteiger partial charge in [0.15, 0.2) is 11.6 Å². The summed E-state index contributed by atoms with van der Waals surface area (Å²) in [5.74, 6) is 14.9. The van der Waals surface area contributed by atoms with Gasteiger partial charge in [-0.3, -0.25) is 0 Å². The van der Waals surface area contributed by atoms with Gasteiger partial charge in [-0.25, -0.2) is 0 Å². The highest BCUT2D eigenvalue weighted by Gasteiger charge is 2.55. The zero-order valence-electron chi connectivity index (χ0n) is 46.5. The van der Waals surface area contributed by atoms with Crippen LogP contribution in [0.25, 0.3) is 0 Å². The molecule has 0 radical (unpaired) electrons. The van der Waals surface area contributed by atoms with Crippen LogP contribution in [0.2, 0.25) is 0 Å². The van der Waals surface area contributed by atoms with Crippen molar-refractivity contribution in [2.24, 2.45) is 70.0 Å². The molecule has 11 heteroatoms. The average molecular weight is 1040 g/mol. The Kier molecular flexibility index (Phi) is 21.2. The fourth-order valence-electron chi connectivity index (χ4n) is 15.0. The zero-order valence-corrected chi connectivity index (χ0v) is 47.3. The van der Waals surface area contributed by atoms with Gasteiger partial charge in [-0.15, -0.1) is 6.42 Å². The van der Waals surface area contributed by atoms with E-state index in [-0.39, 0.29) is 30.3 Å². The molecule has 0 spiro atoms. The molecule has 2 saturated carbocycles. The molecule has 2 heterocycles. The predicted molar refractivity (Wildman–Crippen MR) is 290 cm³/mol. The molecule has 8 aliphatic rings. The molecular formula is C62H97F3O7S. The molecule has 414 valence electrons. The topological polar surface area (TPSA) is 80.3 Å². The summed E-state index contributed by atoms with van der Waals surface area (Å²) in [6.07, 6.45) is 28.6. The molecule has 0 aromatic carbocycles. The molecule has 12 atom stereocenters. The number of halogens is 3. The summed E-state index contributed by atoms with van der Waals surface area (Å²) >= 11 is 0. The van der Waals surface area contributed by atoms with Crippen LogP contribution in [-0.2, 0) is 33.2 Å². The molecule has 2 saturated heterocycles. The Morgan fingerprint density at radius 3 is 1.62 bits per heavy atom. The van der Waals surface area contributed by atoms with Gasteiger partial charge in [0.05, 0.1) is 26.4 Å². The molecule has 0 N–H and O–H groups in total. The van der Waals surface area contributed by atoms with E-state index in [1.54, 1.807) is 0 Å². The van der Waals surface area contributed by atoms with E-state index < -0.39 is 21.4 Å². The summed E-state index contributed by atoms with van der Waals surface area (Å²) in [6, 6.07) is 0. The van der Waals surface area contributed by atoms with Crippen LogP contribution in [0.15, 0.2) is 45.8 Å². The number of allylic oxidation sites excluding steroid dienone is 8. The van der Waals surface area contributed by atoms with Gasteiger partial charge in [0.2, 0.25) is 0 Å². The first kappa shape index (κ1) is 61.3. The molecule has 2 aliphatic heterocycles. The molecule has 6 aliphatic carbocycles. The van der Waals surface area contributed by atoms with E-state index in [1.165, 1.54) is 91.7 Å². The highest BCUT2D eigenvalue weighted by molar-refractivity contribution is 7.87. The minimum atomic E-state index is -5.63. The van der Waals surface area contributed by atoms with Crippen molar-refractivity contribution in [2.45, 2.75) is 223 Å². The van der Waals surface area contributed by atoms with Crippen LogP contribution < -0.4 is 0 Å². The largest absolute Gasteiger partial charge is 0.534 e. The van der Waals surface area contributed by atoms with Crippen LogP contribution in [0.4, 0.5) is 13.2 Å². The van der Waals surface area contributed by atoms with Gasteiger partial charge in [-0.1, -0.05) is 111 Å². The average Bonchev–Trinajstić information content (AvgIpc) is 4.11. The van der Waals surface area contributed by atoms with Crippen LogP contribution in [0.3, 0.4) is 0 Å². The van der Waals surface area contributed by atoms with Gasteiger partial charge in [0, 0.05) is 35.5 Å². The quantitative estimate of drug-likeness (QED) is 0.109. The van der Waals surface area contributed by atoms with Gasteiger partial charge in [0.25, 0.3) is 0 Å². The van der Waals surface area contributed by atoms with Crippen LogP contribution in [0.1, 0.15) is 206 Å². The highest BCUT2D eigenvalue weighted by Crippen LogP contribution is 2.60. The first-order valence-electron chi connectivity index (χ1n) is 28.1. The molecule has 0 bridgehead atoms. The third kappa shape index (κ3) is 14.7. The van der Waals surface area contributed by atoms with Crippen LogP contribution in [0, 0.1) is 94.2 Å². The molecule has 0 amide bonds. The Balaban J connectivity index is 0.000000223. The number of hydrogen-bond acceptors (Lipinski definition) is 7. The molecule has 7 nitrogen and oxygen atoms in total. The molecule has 0 aromatic rings. The molecule has 2 unspecified atom stereocenters. The number of terminal acetylenes is 1. The number of rotatable bonds is 12. The van der Waals surface area contributed by atoms with E-state index in [1.807, 2.05) is 6.92 Å². The van der Waals surface area contributed by atoms with E-state index in [4.69, 9.17) is 25.4 Å². The summed E-state index contributed by atoms with van der Waals surface area (Å²) < 4.78 is 88.9. The molecular weight excluding hydrogens is 946 g/mol. The number of ether oxygens (including phenoxy) is 4. The van der Waals surface area contributed by atoms with Gasteiger partial charge >= 0.3 is 15.6 Å². The maximum atomic E-state index is 12.8. The summed E-state index contributed by atoms with van der Waals surface area (Å²) in [6.45, 7) is 29.9. The zero-order chi connectivity index (χ0) is 52.9. The SMILES string of the molecule is C.C#CC1=C(C)[C@@H](C)C[C@H](C)C1.CC1=C(C#CC2=CCC[C@@]3(C)C2CC[C@@H]3[C@H](C)CCCC2(C)OCCO2)C[C@@H](C)C[C@@H]1C.C[C@H](CCCC1(C)OCCO1)[C@H]1CCC2C(OS(=O)(=O)C(F)(F)F)=CCC[C@@]21C. The lowest BCUT2D eigenvalue weighted by Crippen LogP contribution is -2.37. The fraction of sp³-hybridized carbons (Fsp3) is 0.806. The highest BCUT2D eigenvalue weighted by atomic mass is 32.2. The Bertz CT molecular complexity index is 2210. The second-order valence-electron chi connectivity index (χ2n) is 24.8. The van der Waals surface area contributed by atoms with Crippen LogP contribution in [0.5, 0.6) is 0 Å². The van der Waals surface area contributed by atoms with Crippen molar-refractivity contribution in [3.63, 3.8) is 0 Å². The lowest BCUT2D eigenvalue weighted by molar-refractivity contribution is -0.148. The summed E-state index contributed by atoms with van der Waals surface area (Å²) in [4.78, 5) is 0. The fourth-order valence-corrected chi connectivity index (χ4v) is 15.5. The third-order valence-corrected chi connectivity index (χ3v) is 20.4. The smallest absolute Gasteiger partial charge is 0.381 e. The Hall–Kier alpha value is -2.54. The lowest BCUT2D eigenvalue weighted by atomic mass is 9.62. The monoisotopic (exact) mass is 1040 g/mol. The summed E-state index contributed by atoms with van der Waals surface area (Å²) in [5, 5.41) is 0. The Labute approximate surface area is 442 Å². The van der Waals surface area contributed by atoms with E-state index in [0.29, 0.717) is 61.1 Å². The van der Waals surface area contributed by atoms with E-state index >= 15 is 0 Å². The normalized spacial score (nSPS) is 34.4. The second-order valence-corrected chi connectivity index (χ2v) is 26.4. The van der Waals surface area contributed by atoms with Crippen molar-refractivity contribution >= 4 is 10.1 Å². The second kappa shape index (κ2) is 25.3. The van der Waals surface area contributed by atoms with Crippen molar-refractivity contribution in [1.82, 2.24) is 0 Å². The van der Waals surface area contributed by atoms with Crippen molar-refractivity contribution in [3.05, 3.63) is 45.8 Å². The summed E-state index contributed by atoms with van der Waals surface area (Å²) in [7, 11) is -5.63. The third-order valence-electron chi connectivity index (χ3n) is 19.4. The first-order chi connectivity index (χ1) is 33.7. The molecule has 8 rings (SSSR count). The molecule has 73 heavy (non-hydrogen) atoms. The van der Waals surface area contributed by atoms with E-state index in [0.717, 1.165) is 81.8 Å². The van der Waals surface area contributed by atoms with Gasteiger partial charge < -0.3 is 23.1 Å². The first-order valence-corrected chi connectivity index (χ1v) is 29.5. The van der Waals surface area contributed by atoms with E-state index in [9.17, 15) is 21.6 Å². The number of fused-ring (bicyclic) bond motifs is 2. The van der Waals surface area contributed by atoms with E-state index in [2.05, 4.69) is 104 Å². The Morgan fingerprint density at radius 2 is 1.14 bits per heavy atom. The van der Waals surface area contributed by atoms with Crippen molar-refractivity contribution in [2.75, 3.05) is 26.4 Å². The lowest BCUT2D eigenvalue weighted by Gasteiger charge is -2.42. The Morgan fingerprint density at radius 1 is 0.699 bits per heavy atom. The number of hydrogen-bond donors (Lipinski definition) is 0. The minimum Gasteiger partial charge on any atom is -0.381 e. The maximum Gasteiger partial charge on any atom is 0.534 e. The summed E-state index contributed by atoms with van der Waals surface area (Å²) in [5.41, 5.74) is 1.86. The van der Waals surface area contributed by atoms with Gasteiger partial charge in [0.1, 0.15) is 5.76 Å². The standard InChI is InChI=1S/C30H46O2.C20H31F3O5S.C11H16.CH4/c1-21-19-23(3)24(4)26(20-21)12-11-25-10-8-15-29(5)27(13-14-28(25)29)22(2)9-7-16-30(6)31-17-18-32-30;1-14(6-4-11-19(3)26-12-13-27-19)15-8-9-16-17(7-5-10-18(15,16)2)28-29(24,25)20(21,22)23;1-5-11-7-8(2)6-9(3)10(11)4;/h10,21-23,27-28H,7-9,13-20H2,1-6H3;7,14-16H,4-6,8-13H2,1-3H3;1,8-9H,6-7H2,2-4H3;1H4/t21-,22+,23-,27+,28?,29+;14-,15-,16?,18-;8-,9-;/m010./s1. The van der Waals surface area contributed by atoms with Gasteiger partial charge in [-0.2, -0.15) is 21.6 Å².